The molecule has 3 unspecified atom stereocenters. The molecular weight excluding hydrogens is 972 g/mol. The van der Waals surface area contributed by atoms with Gasteiger partial charge in [0.2, 0.25) is 5.91 Å². The van der Waals surface area contributed by atoms with Gasteiger partial charge in [0.15, 0.2) is 0 Å². The molecule has 0 aliphatic heterocycles. The van der Waals surface area contributed by atoms with E-state index < -0.39 is 20.0 Å². The van der Waals surface area contributed by atoms with Crippen LogP contribution in [0.15, 0.2) is 24.3 Å². The number of carbonyl (C=O) groups excluding carboxylic acids is 1. The lowest BCUT2D eigenvalue weighted by molar-refractivity contribution is -0.870. The number of likely N-dealkylation sites (N-methyl/N-ethyl adjacent to an activating group) is 1. The molecule has 0 spiro atoms. The largest absolute Gasteiger partial charge is 0.756 e. The first-order valence-corrected chi connectivity index (χ1v) is 35.7. The van der Waals surface area contributed by atoms with E-state index in [1.165, 1.54) is 295 Å². The summed E-state index contributed by atoms with van der Waals surface area (Å²) in [5.74, 6) is -0.199. The summed E-state index contributed by atoms with van der Waals surface area (Å²) in [6, 6.07) is -0.901. The Kier molecular flexibility index (Phi) is 58.8. The van der Waals surface area contributed by atoms with Crippen LogP contribution in [0.4, 0.5) is 0 Å². The Labute approximate surface area is 481 Å². The van der Waals surface area contributed by atoms with Crippen LogP contribution < -0.4 is 10.2 Å². The first-order valence-electron chi connectivity index (χ1n) is 34.2. The third-order valence-corrected chi connectivity index (χ3v) is 16.9. The number of nitrogens with zero attached hydrogens (tertiary/aromatic N) is 1. The first kappa shape index (κ1) is 76.0. The predicted octanol–water partition coefficient (Wildman–Crippen LogP) is 20.9. The van der Waals surface area contributed by atoms with Crippen molar-refractivity contribution in [3.63, 3.8) is 0 Å². The maximum absolute atomic E-state index is 13.0. The lowest BCUT2D eigenvalue weighted by Gasteiger charge is -2.29. The number of rotatable bonds is 64. The highest BCUT2D eigenvalue weighted by atomic mass is 31.2. The van der Waals surface area contributed by atoms with Gasteiger partial charge in [-0.15, -0.1) is 0 Å². The van der Waals surface area contributed by atoms with Gasteiger partial charge in [-0.3, -0.25) is 9.36 Å². The SMILES string of the molecule is CCCCCCCCCCCCCCCCCCCCCCCCCCC/C=C/CC/C=C/C(O)C(COP(=O)([O-])OCC[N+](C)(C)C)NC(=O)CCCCCCCCCCCCCCCCCCCCCCCCCC. The second kappa shape index (κ2) is 59.6. The van der Waals surface area contributed by atoms with Crippen molar-refractivity contribution in [1.29, 1.82) is 0 Å². The maximum Gasteiger partial charge on any atom is 0.268 e. The van der Waals surface area contributed by atoms with Crippen LogP contribution in [0.1, 0.15) is 354 Å². The van der Waals surface area contributed by atoms with Crippen molar-refractivity contribution in [2.75, 3.05) is 40.9 Å². The molecule has 3 atom stereocenters. The second-order valence-corrected chi connectivity index (χ2v) is 26.3. The minimum Gasteiger partial charge on any atom is -0.756 e. The second-order valence-electron chi connectivity index (χ2n) is 24.9. The zero-order valence-electron chi connectivity index (χ0n) is 52.4. The van der Waals surface area contributed by atoms with Gasteiger partial charge in [-0.2, -0.15) is 0 Å². The number of hydrogen-bond acceptors (Lipinski definition) is 6. The topological polar surface area (TPSA) is 108 Å². The number of unbranched alkanes of at least 4 members (excludes halogenated alkanes) is 49. The lowest BCUT2D eigenvalue weighted by Crippen LogP contribution is -2.45. The Morgan fingerprint density at radius 3 is 1.05 bits per heavy atom. The molecule has 0 aromatic heterocycles. The molecule has 0 aliphatic rings. The van der Waals surface area contributed by atoms with Crippen molar-refractivity contribution in [3.8, 4) is 0 Å². The van der Waals surface area contributed by atoms with E-state index in [1.54, 1.807) is 6.08 Å². The van der Waals surface area contributed by atoms with Crippen LogP contribution >= 0.6 is 7.82 Å². The van der Waals surface area contributed by atoms with Gasteiger partial charge < -0.3 is 28.8 Å². The van der Waals surface area contributed by atoms with Crippen LogP contribution in [-0.4, -0.2) is 68.5 Å². The van der Waals surface area contributed by atoms with Gasteiger partial charge in [0.25, 0.3) is 7.82 Å². The highest BCUT2D eigenvalue weighted by molar-refractivity contribution is 7.45. The zero-order chi connectivity index (χ0) is 56.3. The molecular formula is C68H135N2O6P. The molecule has 0 heterocycles. The van der Waals surface area contributed by atoms with Gasteiger partial charge >= 0.3 is 0 Å². The normalized spacial score (nSPS) is 13.8. The number of phosphoric ester groups is 1. The number of quaternary nitrogens is 1. The monoisotopic (exact) mass is 1110 g/mol. The summed E-state index contributed by atoms with van der Waals surface area (Å²) in [7, 11) is 1.26. The Bertz CT molecular complexity index is 1300. The minimum atomic E-state index is -4.61. The van der Waals surface area contributed by atoms with Crippen LogP contribution in [0, 0.1) is 0 Å². The molecule has 2 N–H and O–H groups in total. The Morgan fingerprint density at radius 1 is 0.442 bits per heavy atom. The third kappa shape index (κ3) is 62.4. The van der Waals surface area contributed by atoms with E-state index in [9.17, 15) is 19.4 Å². The van der Waals surface area contributed by atoms with Crippen molar-refractivity contribution in [3.05, 3.63) is 24.3 Å². The van der Waals surface area contributed by atoms with E-state index >= 15 is 0 Å². The molecule has 0 aromatic carbocycles. The van der Waals surface area contributed by atoms with E-state index in [-0.39, 0.29) is 19.1 Å². The molecule has 0 saturated carbocycles. The summed E-state index contributed by atoms with van der Waals surface area (Å²) in [5.41, 5.74) is 0. The van der Waals surface area contributed by atoms with E-state index in [4.69, 9.17) is 9.05 Å². The molecule has 0 saturated heterocycles. The molecule has 458 valence electrons. The van der Waals surface area contributed by atoms with Crippen molar-refractivity contribution in [2.45, 2.75) is 366 Å². The van der Waals surface area contributed by atoms with Gasteiger partial charge in [-0.25, -0.2) is 0 Å². The number of hydrogen-bond donors (Lipinski definition) is 2. The third-order valence-electron chi connectivity index (χ3n) is 15.9. The quantitative estimate of drug-likeness (QED) is 0.0272. The molecule has 0 rings (SSSR count). The van der Waals surface area contributed by atoms with E-state index in [0.29, 0.717) is 17.4 Å². The highest BCUT2D eigenvalue weighted by Gasteiger charge is 2.23. The number of carbonyl (C=O) groups is 1. The lowest BCUT2D eigenvalue weighted by atomic mass is 10.0. The number of amides is 1. The fourth-order valence-corrected chi connectivity index (χ4v) is 11.3. The molecule has 9 heteroatoms. The van der Waals surface area contributed by atoms with Gasteiger partial charge in [-0.1, -0.05) is 340 Å². The average molecular weight is 1110 g/mol. The van der Waals surface area contributed by atoms with Gasteiger partial charge in [0.1, 0.15) is 13.2 Å². The molecule has 77 heavy (non-hydrogen) atoms. The summed E-state index contributed by atoms with van der Waals surface area (Å²) in [6.07, 6.45) is 77.3. The number of aliphatic hydroxyl groups excluding tert-OH is 1. The average Bonchev–Trinajstić information content (AvgIpc) is 3.39. The molecule has 0 radical (unpaired) electrons. The number of aliphatic hydroxyl groups is 1. The summed E-state index contributed by atoms with van der Waals surface area (Å²) in [6.45, 7) is 4.69. The van der Waals surface area contributed by atoms with Crippen molar-refractivity contribution in [2.24, 2.45) is 0 Å². The fourth-order valence-electron chi connectivity index (χ4n) is 10.6. The molecule has 0 aromatic rings. The summed E-state index contributed by atoms with van der Waals surface area (Å²) < 4.78 is 23.4. The molecule has 1 amide bonds. The number of allylic oxidation sites excluding steroid dienone is 3. The van der Waals surface area contributed by atoms with Crippen molar-refractivity contribution in [1.82, 2.24) is 5.32 Å². The summed E-state index contributed by atoms with van der Waals surface area (Å²) >= 11 is 0. The Hall–Kier alpha value is -1.02. The molecule has 0 aliphatic carbocycles. The van der Waals surface area contributed by atoms with E-state index in [1.807, 2.05) is 27.2 Å². The van der Waals surface area contributed by atoms with Crippen LogP contribution in [0.5, 0.6) is 0 Å². The summed E-state index contributed by atoms with van der Waals surface area (Å²) in [4.78, 5) is 25.6. The highest BCUT2D eigenvalue weighted by Crippen LogP contribution is 2.38. The van der Waals surface area contributed by atoms with Crippen LogP contribution in [0.25, 0.3) is 0 Å². The fraction of sp³-hybridized carbons (Fsp3) is 0.926. The Morgan fingerprint density at radius 2 is 0.727 bits per heavy atom. The summed E-state index contributed by atoms with van der Waals surface area (Å²) in [5, 5.41) is 13.9. The minimum absolute atomic E-state index is 0.00345. The number of nitrogens with one attached hydrogen (secondary N) is 1. The van der Waals surface area contributed by atoms with Crippen LogP contribution in [-0.2, 0) is 18.4 Å². The van der Waals surface area contributed by atoms with Gasteiger partial charge in [0.05, 0.1) is 39.9 Å². The van der Waals surface area contributed by atoms with Gasteiger partial charge in [0, 0.05) is 6.42 Å². The van der Waals surface area contributed by atoms with E-state index in [0.717, 1.165) is 38.5 Å². The smallest absolute Gasteiger partial charge is 0.268 e. The van der Waals surface area contributed by atoms with Crippen LogP contribution in [0.2, 0.25) is 0 Å². The van der Waals surface area contributed by atoms with Crippen molar-refractivity contribution >= 4 is 13.7 Å². The number of phosphoric acid groups is 1. The standard InChI is InChI=1S/C68H135N2O6P/c1-6-8-10-12-14-16-18-20-22-24-26-28-30-32-33-34-35-36-37-38-39-41-43-45-47-49-51-53-55-57-59-61-67(71)66(65-76-77(73,74)75-64-63-70(3,4)5)69-68(72)62-60-58-56-54-52-50-48-46-44-42-40-31-29-27-25-23-21-19-17-15-13-11-9-7-2/h51,53,59,61,66-67,71H,6-50,52,54-58,60,62-65H2,1-5H3,(H-,69,72,73,74)/b53-51+,61-59+. The van der Waals surface area contributed by atoms with Crippen LogP contribution in [0.3, 0.4) is 0 Å². The molecule has 0 fully saturated rings. The van der Waals surface area contributed by atoms with Crippen molar-refractivity contribution < 1.29 is 32.9 Å². The molecule has 8 nitrogen and oxygen atoms in total. The maximum atomic E-state index is 13.0. The Balaban J connectivity index is 4.09. The first-order chi connectivity index (χ1) is 37.5. The van der Waals surface area contributed by atoms with E-state index in [2.05, 4.69) is 31.3 Å². The zero-order valence-corrected chi connectivity index (χ0v) is 53.3. The predicted molar refractivity (Wildman–Crippen MR) is 335 cm³/mol. The van der Waals surface area contributed by atoms with Gasteiger partial charge in [-0.05, 0) is 32.1 Å². The molecule has 0 bridgehead atoms.